The number of hydrogen-bond acceptors (Lipinski definition) is 3. The third-order valence-corrected chi connectivity index (χ3v) is 6.67. The van der Waals surface area contributed by atoms with Crippen molar-refractivity contribution >= 4 is 25.8 Å². The van der Waals surface area contributed by atoms with Gasteiger partial charge in [0.25, 0.3) is 0 Å². The fraction of sp³-hybridized carbons (Fsp3) is 0.600. The lowest BCUT2D eigenvalue weighted by atomic mass is 9.97. The summed E-state index contributed by atoms with van der Waals surface area (Å²) in [4.78, 5) is 0. The van der Waals surface area contributed by atoms with Crippen molar-refractivity contribution in [3.8, 4) is 0 Å². The molecule has 3 nitrogen and oxygen atoms in total. The van der Waals surface area contributed by atoms with Crippen LogP contribution in [0.1, 0.15) is 32.8 Å². The van der Waals surface area contributed by atoms with Crippen LogP contribution in [0.2, 0.25) is 0 Å². The summed E-state index contributed by atoms with van der Waals surface area (Å²) < 4.78 is 24.6. The Morgan fingerprint density at radius 3 is 2.20 bits per heavy atom. The van der Waals surface area contributed by atoms with Crippen molar-refractivity contribution in [3.63, 3.8) is 0 Å². The second-order valence-electron chi connectivity index (χ2n) is 6.15. The summed E-state index contributed by atoms with van der Waals surface area (Å²) in [5, 5.41) is 0. The first-order chi connectivity index (χ1) is 9.15. The van der Waals surface area contributed by atoms with E-state index in [2.05, 4.69) is 15.9 Å². The van der Waals surface area contributed by atoms with Gasteiger partial charge in [0.1, 0.15) is 0 Å². The molecule has 0 heterocycles. The molecule has 0 spiro atoms. The van der Waals surface area contributed by atoms with Crippen molar-refractivity contribution in [2.45, 2.75) is 38.4 Å². The van der Waals surface area contributed by atoms with Gasteiger partial charge in [0.2, 0.25) is 0 Å². The maximum Gasteiger partial charge on any atom is 0.155 e. The van der Waals surface area contributed by atoms with Crippen molar-refractivity contribution < 1.29 is 8.42 Å². The highest BCUT2D eigenvalue weighted by Gasteiger charge is 2.29. The summed E-state index contributed by atoms with van der Waals surface area (Å²) in [5.74, 6) is 0.405. The summed E-state index contributed by atoms with van der Waals surface area (Å²) in [6.07, 6.45) is 1.44. The van der Waals surface area contributed by atoms with Crippen LogP contribution in [0.15, 0.2) is 28.7 Å². The van der Waals surface area contributed by atoms with E-state index in [4.69, 9.17) is 5.73 Å². The number of benzene rings is 1. The van der Waals surface area contributed by atoms with Gasteiger partial charge in [0, 0.05) is 4.47 Å². The highest BCUT2D eigenvalue weighted by Crippen LogP contribution is 2.20. The van der Waals surface area contributed by atoms with Gasteiger partial charge in [-0.2, -0.15) is 0 Å². The van der Waals surface area contributed by atoms with Gasteiger partial charge in [-0.05, 0) is 63.8 Å². The van der Waals surface area contributed by atoms with Crippen LogP contribution in [0.3, 0.4) is 0 Å². The average Bonchev–Trinajstić information content (AvgIpc) is 2.35. The van der Waals surface area contributed by atoms with Gasteiger partial charge in [0.05, 0.1) is 10.5 Å². The van der Waals surface area contributed by atoms with Crippen molar-refractivity contribution in [1.29, 1.82) is 0 Å². The van der Waals surface area contributed by atoms with E-state index in [1.54, 1.807) is 20.8 Å². The quantitative estimate of drug-likeness (QED) is 0.846. The molecule has 1 aromatic rings. The average molecular weight is 362 g/mol. The summed E-state index contributed by atoms with van der Waals surface area (Å²) in [7, 11) is -3.06. The van der Waals surface area contributed by atoms with Crippen molar-refractivity contribution in [2.24, 2.45) is 11.7 Å². The molecule has 5 heteroatoms. The number of rotatable bonds is 6. The Morgan fingerprint density at radius 1 is 1.20 bits per heavy atom. The standard InChI is InChI=1S/C15H24BrNO2S/c1-15(2,3)20(18,19)9-8-13(11-17)10-12-4-6-14(16)7-5-12/h4-7,13H,8-11,17H2,1-3H3. The Bertz CT molecular complexity index is 518. The predicted octanol–water partition coefficient (Wildman–Crippen LogP) is 3.17. The highest BCUT2D eigenvalue weighted by molar-refractivity contribution is 9.10. The van der Waals surface area contributed by atoms with Gasteiger partial charge in [-0.15, -0.1) is 0 Å². The molecule has 1 unspecified atom stereocenters. The monoisotopic (exact) mass is 361 g/mol. The molecule has 2 N–H and O–H groups in total. The Kier molecular flexibility index (Phi) is 6.23. The maximum absolute atomic E-state index is 12.1. The molecule has 0 aliphatic carbocycles. The molecule has 1 aromatic carbocycles. The van der Waals surface area contributed by atoms with E-state index in [-0.39, 0.29) is 11.7 Å². The molecule has 0 aliphatic rings. The number of hydrogen-bond donors (Lipinski definition) is 1. The third-order valence-electron chi connectivity index (χ3n) is 3.50. The molecule has 1 atom stereocenters. The Balaban J connectivity index is 2.63. The minimum absolute atomic E-state index is 0.202. The largest absolute Gasteiger partial charge is 0.330 e. The van der Waals surface area contributed by atoms with Crippen LogP contribution in [0.25, 0.3) is 0 Å². The minimum Gasteiger partial charge on any atom is -0.330 e. The van der Waals surface area contributed by atoms with Crippen LogP contribution in [0.4, 0.5) is 0 Å². The summed E-state index contributed by atoms with van der Waals surface area (Å²) in [6.45, 7) is 5.74. The third kappa shape index (κ3) is 5.19. The molecule has 0 aromatic heterocycles. The molecular weight excluding hydrogens is 338 g/mol. The molecular formula is C15H24BrNO2S. The molecule has 1 rings (SSSR count). The lowest BCUT2D eigenvalue weighted by Gasteiger charge is -2.21. The number of halogens is 1. The molecule has 0 saturated carbocycles. The first-order valence-electron chi connectivity index (χ1n) is 6.82. The van der Waals surface area contributed by atoms with Crippen LogP contribution in [0.5, 0.6) is 0 Å². The van der Waals surface area contributed by atoms with Gasteiger partial charge in [-0.3, -0.25) is 0 Å². The Labute approximate surface area is 131 Å². The lowest BCUT2D eigenvalue weighted by Crippen LogP contribution is -2.32. The van der Waals surface area contributed by atoms with E-state index in [1.807, 2.05) is 24.3 Å². The van der Waals surface area contributed by atoms with Gasteiger partial charge < -0.3 is 5.73 Å². The van der Waals surface area contributed by atoms with Crippen LogP contribution in [-0.2, 0) is 16.3 Å². The highest BCUT2D eigenvalue weighted by atomic mass is 79.9. The van der Waals surface area contributed by atoms with Gasteiger partial charge in [-0.1, -0.05) is 28.1 Å². The van der Waals surface area contributed by atoms with E-state index in [0.717, 1.165) is 10.9 Å². The molecule has 0 radical (unpaired) electrons. The van der Waals surface area contributed by atoms with Crippen molar-refractivity contribution in [3.05, 3.63) is 34.3 Å². The van der Waals surface area contributed by atoms with Crippen molar-refractivity contribution in [2.75, 3.05) is 12.3 Å². The molecule has 0 bridgehead atoms. The molecule has 20 heavy (non-hydrogen) atoms. The first-order valence-corrected chi connectivity index (χ1v) is 9.27. The molecule has 114 valence electrons. The van der Waals surface area contributed by atoms with E-state index in [0.29, 0.717) is 13.0 Å². The first kappa shape index (κ1) is 17.7. The van der Waals surface area contributed by atoms with Crippen molar-refractivity contribution in [1.82, 2.24) is 0 Å². The van der Waals surface area contributed by atoms with Gasteiger partial charge >= 0.3 is 0 Å². The van der Waals surface area contributed by atoms with Crippen LogP contribution in [-0.4, -0.2) is 25.5 Å². The van der Waals surface area contributed by atoms with Crippen LogP contribution in [0, 0.1) is 5.92 Å². The summed E-state index contributed by atoms with van der Waals surface area (Å²) in [6, 6.07) is 8.08. The Hall–Kier alpha value is -0.390. The zero-order valence-corrected chi connectivity index (χ0v) is 14.8. The zero-order chi connectivity index (χ0) is 15.4. The van der Waals surface area contributed by atoms with Gasteiger partial charge in [-0.25, -0.2) is 8.42 Å². The van der Waals surface area contributed by atoms with Gasteiger partial charge in [0.15, 0.2) is 9.84 Å². The van der Waals surface area contributed by atoms with E-state index >= 15 is 0 Å². The summed E-state index contributed by atoms with van der Waals surface area (Å²) >= 11 is 3.40. The lowest BCUT2D eigenvalue weighted by molar-refractivity contribution is 0.503. The van der Waals surface area contributed by atoms with E-state index in [9.17, 15) is 8.42 Å². The number of sulfone groups is 1. The fourth-order valence-electron chi connectivity index (χ4n) is 1.89. The topological polar surface area (TPSA) is 60.2 Å². The number of nitrogens with two attached hydrogens (primary N) is 1. The van der Waals surface area contributed by atoms with Crippen LogP contribution < -0.4 is 5.73 Å². The molecule has 0 saturated heterocycles. The fourth-order valence-corrected chi connectivity index (χ4v) is 3.41. The molecule has 0 fully saturated rings. The maximum atomic E-state index is 12.1. The second-order valence-corrected chi connectivity index (χ2v) is 9.93. The molecule has 0 aliphatic heterocycles. The predicted molar refractivity (Wildman–Crippen MR) is 88.5 cm³/mol. The molecule has 0 amide bonds. The van der Waals surface area contributed by atoms with E-state index in [1.165, 1.54) is 5.56 Å². The zero-order valence-electron chi connectivity index (χ0n) is 12.4. The Morgan fingerprint density at radius 2 is 1.75 bits per heavy atom. The SMILES string of the molecule is CC(C)(C)S(=O)(=O)CCC(CN)Cc1ccc(Br)cc1. The van der Waals surface area contributed by atoms with E-state index < -0.39 is 14.6 Å². The normalized spacial score (nSPS) is 14.2. The second kappa shape index (κ2) is 7.05. The smallest absolute Gasteiger partial charge is 0.155 e. The minimum atomic E-state index is -3.06. The van der Waals surface area contributed by atoms with Crippen LogP contribution >= 0.6 is 15.9 Å². The summed E-state index contributed by atoms with van der Waals surface area (Å²) in [5.41, 5.74) is 6.98.